The van der Waals surface area contributed by atoms with E-state index in [1.165, 1.54) is 12.1 Å². The number of aromatic nitrogens is 1. The summed E-state index contributed by atoms with van der Waals surface area (Å²) in [5.74, 6) is 0.334. The molecule has 0 fully saturated rings. The number of halogens is 1. The lowest BCUT2D eigenvalue weighted by atomic mass is 10.2. The molecule has 21 heavy (non-hydrogen) atoms. The molecule has 0 aliphatic rings. The van der Waals surface area contributed by atoms with Crippen LogP contribution >= 0.6 is 15.9 Å². The standard InChI is InChI=1S/C14H11BrN2O3S/c1-21(18,19)10-4-2-3-8(5-10)14-17-12-7-9(15)6-11(16)13(12)20-14/h2-7H,16H2,1H3. The molecule has 0 aliphatic heterocycles. The zero-order valence-corrected chi connectivity index (χ0v) is 13.4. The Morgan fingerprint density at radius 1 is 1.24 bits per heavy atom. The minimum absolute atomic E-state index is 0.219. The number of oxazole rings is 1. The van der Waals surface area contributed by atoms with E-state index in [4.69, 9.17) is 10.2 Å². The summed E-state index contributed by atoms with van der Waals surface area (Å²) in [5, 5.41) is 0. The molecule has 0 unspecified atom stereocenters. The van der Waals surface area contributed by atoms with E-state index in [0.717, 1.165) is 10.7 Å². The van der Waals surface area contributed by atoms with Crippen LogP contribution in [-0.2, 0) is 9.84 Å². The molecule has 5 nitrogen and oxygen atoms in total. The molecule has 1 heterocycles. The maximum atomic E-state index is 11.6. The van der Waals surface area contributed by atoms with E-state index in [2.05, 4.69) is 20.9 Å². The lowest BCUT2D eigenvalue weighted by Gasteiger charge is -2.00. The van der Waals surface area contributed by atoms with Gasteiger partial charge < -0.3 is 10.2 Å². The number of anilines is 1. The third kappa shape index (κ3) is 2.66. The van der Waals surface area contributed by atoms with E-state index in [-0.39, 0.29) is 4.90 Å². The van der Waals surface area contributed by atoms with Crippen LogP contribution in [0.25, 0.3) is 22.6 Å². The Morgan fingerprint density at radius 2 is 2.00 bits per heavy atom. The van der Waals surface area contributed by atoms with Crippen molar-refractivity contribution in [3.8, 4) is 11.5 Å². The number of hydrogen-bond acceptors (Lipinski definition) is 5. The van der Waals surface area contributed by atoms with Gasteiger partial charge in [-0.05, 0) is 30.3 Å². The summed E-state index contributed by atoms with van der Waals surface area (Å²) in [5.41, 5.74) is 8.04. The van der Waals surface area contributed by atoms with Crippen molar-refractivity contribution in [2.75, 3.05) is 12.0 Å². The van der Waals surface area contributed by atoms with Crippen LogP contribution in [0.5, 0.6) is 0 Å². The van der Waals surface area contributed by atoms with Gasteiger partial charge in [0, 0.05) is 16.3 Å². The van der Waals surface area contributed by atoms with Crippen molar-refractivity contribution >= 4 is 42.6 Å². The van der Waals surface area contributed by atoms with Gasteiger partial charge in [-0.3, -0.25) is 0 Å². The second kappa shape index (κ2) is 4.85. The summed E-state index contributed by atoms with van der Waals surface area (Å²) in [6.07, 6.45) is 1.16. The summed E-state index contributed by atoms with van der Waals surface area (Å²) in [7, 11) is -3.28. The molecule has 3 rings (SSSR count). The quantitative estimate of drug-likeness (QED) is 0.703. The number of nitrogen functional groups attached to an aromatic ring is 1. The number of nitrogens with two attached hydrogens (primary N) is 1. The summed E-state index contributed by atoms with van der Waals surface area (Å²) in [6, 6.07) is 9.98. The average molecular weight is 367 g/mol. The fraction of sp³-hybridized carbons (Fsp3) is 0.0714. The Balaban J connectivity index is 2.19. The van der Waals surface area contributed by atoms with Gasteiger partial charge in [0.05, 0.1) is 10.6 Å². The van der Waals surface area contributed by atoms with Gasteiger partial charge in [0.15, 0.2) is 15.4 Å². The molecule has 0 aliphatic carbocycles. The Hall–Kier alpha value is -1.86. The number of nitrogens with zero attached hydrogens (tertiary/aromatic N) is 1. The summed E-state index contributed by atoms with van der Waals surface area (Å²) in [6.45, 7) is 0. The smallest absolute Gasteiger partial charge is 0.227 e. The third-order valence-corrected chi connectivity index (χ3v) is 4.56. The maximum absolute atomic E-state index is 11.6. The Bertz CT molecular complexity index is 948. The minimum Gasteiger partial charge on any atom is -0.434 e. The van der Waals surface area contributed by atoms with Crippen molar-refractivity contribution < 1.29 is 12.8 Å². The van der Waals surface area contributed by atoms with E-state index in [1.807, 2.05) is 0 Å². The molecule has 1 aromatic heterocycles. The predicted molar refractivity (Wildman–Crippen MR) is 84.7 cm³/mol. The maximum Gasteiger partial charge on any atom is 0.227 e. The minimum atomic E-state index is -3.28. The first kappa shape index (κ1) is 14.1. The summed E-state index contributed by atoms with van der Waals surface area (Å²) < 4.78 is 29.7. The summed E-state index contributed by atoms with van der Waals surface area (Å²) >= 11 is 3.35. The fourth-order valence-electron chi connectivity index (χ4n) is 2.01. The molecule has 0 bridgehead atoms. The average Bonchev–Trinajstić information content (AvgIpc) is 2.82. The van der Waals surface area contributed by atoms with Gasteiger partial charge in [-0.1, -0.05) is 22.0 Å². The van der Waals surface area contributed by atoms with Crippen LogP contribution in [0.3, 0.4) is 0 Å². The Morgan fingerprint density at radius 3 is 2.71 bits per heavy atom. The van der Waals surface area contributed by atoms with Gasteiger partial charge in [0.1, 0.15) is 5.52 Å². The van der Waals surface area contributed by atoms with Gasteiger partial charge in [-0.15, -0.1) is 0 Å². The van der Waals surface area contributed by atoms with Crippen LogP contribution < -0.4 is 5.73 Å². The highest BCUT2D eigenvalue weighted by Crippen LogP contribution is 2.31. The van der Waals surface area contributed by atoms with E-state index >= 15 is 0 Å². The second-order valence-corrected chi connectivity index (χ2v) is 7.59. The highest BCUT2D eigenvalue weighted by molar-refractivity contribution is 9.10. The first-order valence-corrected chi connectivity index (χ1v) is 8.69. The number of benzene rings is 2. The van der Waals surface area contributed by atoms with Gasteiger partial charge in [-0.25, -0.2) is 13.4 Å². The molecule has 108 valence electrons. The van der Waals surface area contributed by atoms with Gasteiger partial charge >= 0.3 is 0 Å². The molecule has 3 aromatic rings. The molecular weight excluding hydrogens is 356 g/mol. The van der Waals surface area contributed by atoms with Crippen LogP contribution in [0.4, 0.5) is 5.69 Å². The topological polar surface area (TPSA) is 86.2 Å². The molecule has 0 spiro atoms. The summed E-state index contributed by atoms with van der Waals surface area (Å²) in [4.78, 5) is 4.58. The van der Waals surface area contributed by atoms with E-state index < -0.39 is 9.84 Å². The van der Waals surface area contributed by atoms with Gasteiger partial charge in [0.25, 0.3) is 0 Å². The van der Waals surface area contributed by atoms with Crippen LogP contribution in [-0.4, -0.2) is 19.7 Å². The third-order valence-electron chi connectivity index (χ3n) is 2.99. The number of sulfone groups is 1. The molecule has 0 saturated heterocycles. The van der Waals surface area contributed by atoms with E-state index in [1.54, 1.807) is 24.3 Å². The largest absolute Gasteiger partial charge is 0.434 e. The first-order valence-electron chi connectivity index (χ1n) is 6.00. The first-order chi connectivity index (χ1) is 9.84. The molecule has 2 aromatic carbocycles. The van der Waals surface area contributed by atoms with Crippen molar-refractivity contribution in [2.45, 2.75) is 4.90 Å². The van der Waals surface area contributed by atoms with Crippen LogP contribution in [0, 0.1) is 0 Å². The molecular formula is C14H11BrN2O3S. The number of hydrogen-bond donors (Lipinski definition) is 1. The van der Waals surface area contributed by atoms with Crippen molar-refractivity contribution in [3.05, 3.63) is 40.9 Å². The molecule has 0 saturated carbocycles. The molecule has 0 atom stereocenters. The lowest BCUT2D eigenvalue weighted by Crippen LogP contribution is -1.96. The van der Waals surface area contributed by atoms with Crippen molar-refractivity contribution in [1.29, 1.82) is 0 Å². The second-order valence-electron chi connectivity index (χ2n) is 4.66. The molecule has 0 amide bonds. The van der Waals surface area contributed by atoms with Gasteiger partial charge in [0.2, 0.25) is 5.89 Å². The van der Waals surface area contributed by atoms with Crippen LogP contribution in [0.2, 0.25) is 0 Å². The van der Waals surface area contributed by atoms with Crippen LogP contribution in [0.1, 0.15) is 0 Å². The predicted octanol–water partition coefficient (Wildman–Crippen LogP) is 3.24. The highest BCUT2D eigenvalue weighted by Gasteiger charge is 2.14. The van der Waals surface area contributed by atoms with Crippen molar-refractivity contribution in [1.82, 2.24) is 4.98 Å². The van der Waals surface area contributed by atoms with E-state index in [9.17, 15) is 8.42 Å². The van der Waals surface area contributed by atoms with Crippen molar-refractivity contribution in [3.63, 3.8) is 0 Å². The van der Waals surface area contributed by atoms with Gasteiger partial charge in [-0.2, -0.15) is 0 Å². The monoisotopic (exact) mass is 366 g/mol. The van der Waals surface area contributed by atoms with Crippen molar-refractivity contribution in [2.24, 2.45) is 0 Å². The Kier molecular flexibility index (Phi) is 3.26. The lowest BCUT2D eigenvalue weighted by molar-refractivity contribution is 0.601. The normalized spacial score (nSPS) is 11.9. The van der Waals surface area contributed by atoms with Crippen LogP contribution in [0.15, 0.2) is 50.2 Å². The zero-order valence-electron chi connectivity index (χ0n) is 11.0. The highest BCUT2D eigenvalue weighted by atomic mass is 79.9. The molecule has 2 N–H and O–H groups in total. The fourth-order valence-corrected chi connectivity index (χ4v) is 3.14. The Labute approximate surface area is 129 Å². The number of rotatable bonds is 2. The molecule has 0 radical (unpaired) electrons. The van der Waals surface area contributed by atoms with E-state index in [0.29, 0.717) is 28.2 Å². The molecule has 7 heteroatoms. The zero-order chi connectivity index (χ0) is 15.2. The number of fused-ring (bicyclic) bond motifs is 1. The SMILES string of the molecule is CS(=O)(=O)c1cccc(-c2nc3cc(Br)cc(N)c3o2)c1.